The molecule has 0 aliphatic carbocycles. The Morgan fingerprint density at radius 3 is 2.66 bits per heavy atom. The summed E-state index contributed by atoms with van der Waals surface area (Å²) in [4.78, 5) is 31.0. The maximum atomic E-state index is 13.4. The van der Waals surface area contributed by atoms with Crippen molar-refractivity contribution in [2.75, 3.05) is 19.7 Å². The number of carbonyl (C=O) groups is 2. The van der Waals surface area contributed by atoms with Crippen molar-refractivity contribution in [3.63, 3.8) is 0 Å². The minimum atomic E-state index is -0.178. The number of halogens is 1. The lowest BCUT2D eigenvalue weighted by molar-refractivity contribution is -0.144. The molecule has 2 aromatic rings. The van der Waals surface area contributed by atoms with Gasteiger partial charge in [0.2, 0.25) is 11.8 Å². The monoisotopic (exact) mass is 476 g/mol. The SMILES string of the molecule is Cc1cc(OCC2c3ccsc3CCN2C(=O)CN(C(=O)CC(C)C)C(C)C)ccc1Cl. The molecule has 2 heterocycles. The molecule has 5 nitrogen and oxygen atoms in total. The zero-order valence-electron chi connectivity index (χ0n) is 19.6. The van der Waals surface area contributed by atoms with Gasteiger partial charge in [-0.15, -0.1) is 11.3 Å². The quantitative estimate of drug-likeness (QED) is 0.505. The third kappa shape index (κ3) is 5.84. The first-order chi connectivity index (χ1) is 15.2. The van der Waals surface area contributed by atoms with E-state index in [2.05, 4.69) is 11.4 Å². The van der Waals surface area contributed by atoms with Crippen LogP contribution in [0.3, 0.4) is 0 Å². The lowest BCUT2D eigenvalue weighted by atomic mass is 10.00. The van der Waals surface area contributed by atoms with Crippen molar-refractivity contribution in [2.24, 2.45) is 5.92 Å². The molecule has 0 radical (unpaired) electrons. The first-order valence-corrected chi connectivity index (χ1v) is 12.5. The van der Waals surface area contributed by atoms with E-state index in [0.717, 1.165) is 23.3 Å². The molecule has 0 bridgehead atoms. The molecule has 2 amide bonds. The second kappa shape index (κ2) is 10.7. The summed E-state index contributed by atoms with van der Waals surface area (Å²) in [6, 6.07) is 7.47. The molecule has 0 N–H and O–H groups in total. The summed E-state index contributed by atoms with van der Waals surface area (Å²) < 4.78 is 6.11. The topological polar surface area (TPSA) is 49.9 Å². The molecule has 1 atom stereocenters. The van der Waals surface area contributed by atoms with E-state index in [4.69, 9.17) is 16.3 Å². The molecule has 1 unspecified atom stereocenters. The summed E-state index contributed by atoms with van der Waals surface area (Å²) in [6.45, 7) is 11.0. The Morgan fingerprint density at radius 1 is 1.25 bits per heavy atom. The Bertz CT molecular complexity index is 956. The standard InChI is InChI=1S/C25H33ClN2O3S/c1-16(2)12-24(29)28(17(3)4)14-25(30)27-10-8-23-20(9-11-32-23)22(27)15-31-19-6-7-21(26)18(5)13-19/h6-7,9,11,13,16-17,22H,8,10,12,14-15H2,1-5H3. The molecule has 7 heteroatoms. The Labute approximate surface area is 200 Å². The van der Waals surface area contributed by atoms with E-state index in [9.17, 15) is 9.59 Å². The summed E-state index contributed by atoms with van der Waals surface area (Å²) >= 11 is 7.86. The van der Waals surface area contributed by atoms with Crippen LogP contribution in [0.2, 0.25) is 5.02 Å². The van der Waals surface area contributed by atoms with Gasteiger partial charge < -0.3 is 14.5 Å². The molecule has 1 aromatic heterocycles. The van der Waals surface area contributed by atoms with Crippen molar-refractivity contribution in [3.8, 4) is 5.75 Å². The fraction of sp³-hybridized carbons (Fsp3) is 0.520. The molecular formula is C25H33ClN2O3S. The zero-order chi connectivity index (χ0) is 23.4. The molecule has 0 saturated heterocycles. The summed E-state index contributed by atoms with van der Waals surface area (Å²) in [5.41, 5.74) is 2.10. The fourth-order valence-electron chi connectivity index (χ4n) is 4.02. The lowest BCUT2D eigenvalue weighted by Crippen LogP contribution is -2.49. The van der Waals surface area contributed by atoms with Crippen LogP contribution in [0.1, 0.15) is 56.2 Å². The van der Waals surface area contributed by atoms with Crippen molar-refractivity contribution in [1.29, 1.82) is 0 Å². The predicted octanol–water partition coefficient (Wildman–Crippen LogP) is 5.50. The molecule has 1 aliphatic heterocycles. The molecule has 3 rings (SSSR count). The van der Waals surface area contributed by atoms with Crippen LogP contribution >= 0.6 is 22.9 Å². The molecule has 0 fully saturated rings. The van der Waals surface area contributed by atoms with Gasteiger partial charge >= 0.3 is 0 Å². The fourth-order valence-corrected chi connectivity index (χ4v) is 5.06. The molecule has 1 aliphatic rings. The van der Waals surface area contributed by atoms with Crippen LogP contribution in [0.25, 0.3) is 0 Å². The summed E-state index contributed by atoms with van der Waals surface area (Å²) in [5.74, 6) is 0.985. The van der Waals surface area contributed by atoms with Crippen LogP contribution < -0.4 is 4.74 Å². The Balaban J connectivity index is 1.77. The number of aryl methyl sites for hydroxylation is 1. The predicted molar refractivity (Wildman–Crippen MR) is 130 cm³/mol. The number of amides is 2. The molecular weight excluding hydrogens is 444 g/mol. The number of carbonyl (C=O) groups excluding carboxylic acids is 2. The van der Waals surface area contributed by atoms with Gasteiger partial charge in [-0.2, -0.15) is 0 Å². The normalized spacial score (nSPS) is 15.8. The van der Waals surface area contributed by atoms with E-state index in [-0.39, 0.29) is 36.4 Å². The highest BCUT2D eigenvalue weighted by molar-refractivity contribution is 7.10. The maximum Gasteiger partial charge on any atom is 0.242 e. The third-order valence-corrected chi connectivity index (χ3v) is 7.21. The van der Waals surface area contributed by atoms with Crippen LogP contribution in [-0.2, 0) is 16.0 Å². The molecule has 174 valence electrons. The van der Waals surface area contributed by atoms with Crippen molar-refractivity contribution in [2.45, 2.75) is 59.5 Å². The third-order valence-electron chi connectivity index (χ3n) is 5.78. The highest BCUT2D eigenvalue weighted by Crippen LogP contribution is 2.34. The number of nitrogens with zero attached hydrogens (tertiary/aromatic N) is 2. The number of hydrogen-bond donors (Lipinski definition) is 0. The van der Waals surface area contributed by atoms with Gasteiger partial charge in [-0.1, -0.05) is 25.4 Å². The van der Waals surface area contributed by atoms with E-state index in [1.165, 1.54) is 4.88 Å². The maximum absolute atomic E-state index is 13.4. The number of fused-ring (bicyclic) bond motifs is 1. The van der Waals surface area contributed by atoms with Crippen LogP contribution in [0.5, 0.6) is 5.75 Å². The van der Waals surface area contributed by atoms with Crippen molar-refractivity contribution in [1.82, 2.24) is 9.80 Å². The summed E-state index contributed by atoms with van der Waals surface area (Å²) in [5, 5.41) is 2.77. The number of thiophene rings is 1. The van der Waals surface area contributed by atoms with Gasteiger partial charge in [0.1, 0.15) is 12.4 Å². The average Bonchev–Trinajstić information content (AvgIpc) is 3.20. The Kier molecular flexibility index (Phi) is 8.23. The van der Waals surface area contributed by atoms with Gasteiger partial charge in [-0.3, -0.25) is 9.59 Å². The van der Waals surface area contributed by atoms with Crippen LogP contribution in [0, 0.1) is 12.8 Å². The lowest BCUT2D eigenvalue weighted by Gasteiger charge is -2.38. The second-order valence-electron chi connectivity index (χ2n) is 9.09. The van der Waals surface area contributed by atoms with E-state index in [1.807, 2.05) is 57.7 Å². The Morgan fingerprint density at radius 2 is 2.00 bits per heavy atom. The minimum absolute atomic E-state index is 0.0287. The first kappa shape index (κ1) is 24.6. The van der Waals surface area contributed by atoms with Gasteiger partial charge in [0.05, 0.1) is 12.6 Å². The van der Waals surface area contributed by atoms with Crippen molar-refractivity contribution >= 4 is 34.8 Å². The zero-order valence-corrected chi connectivity index (χ0v) is 21.1. The van der Waals surface area contributed by atoms with E-state index >= 15 is 0 Å². The van der Waals surface area contributed by atoms with E-state index < -0.39 is 0 Å². The number of benzene rings is 1. The molecule has 1 aromatic carbocycles. The molecule has 0 spiro atoms. The van der Waals surface area contributed by atoms with Crippen LogP contribution in [-0.4, -0.2) is 47.4 Å². The van der Waals surface area contributed by atoms with E-state index in [1.54, 1.807) is 16.2 Å². The second-order valence-corrected chi connectivity index (χ2v) is 10.5. The van der Waals surface area contributed by atoms with Gasteiger partial charge in [-0.05, 0) is 73.9 Å². The Hall–Kier alpha value is -2.05. The highest BCUT2D eigenvalue weighted by Gasteiger charge is 2.34. The average molecular weight is 477 g/mol. The first-order valence-electron chi connectivity index (χ1n) is 11.2. The summed E-state index contributed by atoms with van der Waals surface area (Å²) in [6.07, 6.45) is 1.28. The molecule has 0 saturated carbocycles. The molecule has 32 heavy (non-hydrogen) atoms. The van der Waals surface area contributed by atoms with Gasteiger partial charge in [0.25, 0.3) is 0 Å². The highest BCUT2D eigenvalue weighted by atomic mass is 35.5. The summed E-state index contributed by atoms with van der Waals surface area (Å²) in [7, 11) is 0. The van der Waals surface area contributed by atoms with Gasteiger partial charge in [0, 0.05) is 28.9 Å². The number of ether oxygens (including phenoxy) is 1. The van der Waals surface area contributed by atoms with Crippen LogP contribution in [0.15, 0.2) is 29.6 Å². The van der Waals surface area contributed by atoms with Crippen LogP contribution in [0.4, 0.5) is 0 Å². The largest absolute Gasteiger partial charge is 0.491 e. The smallest absolute Gasteiger partial charge is 0.242 e. The number of hydrogen-bond acceptors (Lipinski definition) is 4. The minimum Gasteiger partial charge on any atom is -0.491 e. The number of rotatable bonds is 8. The van der Waals surface area contributed by atoms with Gasteiger partial charge in [0.15, 0.2) is 0 Å². The van der Waals surface area contributed by atoms with E-state index in [0.29, 0.717) is 24.6 Å². The van der Waals surface area contributed by atoms with Crippen molar-refractivity contribution < 1.29 is 14.3 Å². The van der Waals surface area contributed by atoms with Gasteiger partial charge in [-0.25, -0.2) is 0 Å². The van der Waals surface area contributed by atoms with Crippen molar-refractivity contribution in [3.05, 3.63) is 50.7 Å².